The van der Waals surface area contributed by atoms with Gasteiger partial charge in [0, 0.05) is 11.4 Å². The lowest BCUT2D eigenvalue weighted by Crippen LogP contribution is -2.25. The van der Waals surface area contributed by atoms with Gasteiger partial charge in [-0.25, -0.2) is 0 Å². The number of hydrogen-bond acceptors (Lipinski definition) is 3. The fraction of sp³-hybridized carbons (Fsp3) is 0.500. The lowest BCUT2D eigenvalue weighted by Gasteiger charge is -2.20. The average Bonchev–Trinajstić information content (AvgIpc) is 2.97. The van der Waals surface area contributed by atoms with Crippen molar-refractivity contribution in [1.29, 1.82) is 0 Å². The first kappa shape index (κ1) is 15.8. The summed E-state index contributed by atoms with van der Waals surface area (Å²) in [5, 5.41) is 11.5. The highest BCUT2D eigenvalue weighted by atomic mass is 35.5. The molecule has 0 amide bonds. The smallest absolute Gasteiger partial charge is 0.0872 e. The maximum Gasteiger partial charge on any atom is 0.0872 e. The molecule has 0 fully saturated rings. The second kappa shape index (κ2) is 6.94. The molecule has 0 aliphatic heterocycles. The monoisotopic (exact) mass is 331 g/mol. The van der Waals surface area contributed by atoms with Crippen molar-refractivity contribution in [2.24, 2.45) is 0 Å². The third-order valence-corrected chi connectivity index (χ3v) is 5.26. The number of halogens is 2. The number of nitrogens with one attached hydrogen (secondary N) is 1. The molecule has 1 N–H and O–H groups in total. The van der Waals surface area contributed by atoms with Crippen LogP contribution in [0.25, 0.3) is 0 Å². The molecule has 0 saturated carbocycles. The Morgan fingerprint density at radius 2 is 2.15 bits per heavy atom. The molecule has 6 heteroatoms. The van der Waals surface area contributed by atoms with E-state index in [1.807, 2.05) is 11.6 Å². The SMILES string of the molecule is CCCNC(c1scc(C)c1Cl)c1c(Cl)cnn1CC. The number of rotatable bonds is 6. The highest BCUT2D eigenvalue weighted by molar-refractivity contribution is 7.10. The predicted molar refractivity (Wildman–Crippen MR) is 87.1 cm³/mol. The lowest BCUT2D eigenvalue weighted by molar-refractivity contribution is 0.534. The van der Waals surface area contributed by atoms with Crippen LogP contribution in [0.1, 0.15) is 42.4 Å². The Kier molecular flexibility index (Phi) is 5.49. The van der Waals surface area contributed by atoms with E-state index < -0.39 is 0 Å². The minimum absolute atomic E-state index is 0.00361. The van der Waals surface area contributed by atoms with E-state index in [4.69, 9.17) is 23.2 Å². The first-order valence-corrected chi connectivity index (χ1v) is 8.41. The molecule has 3 nitrogen and oxygen atoms in total. The zero-order valence-corrected chi connectivity index (χ0v) is 14.2. The minimum Gasteiger partial charge on any atom is -0.304 e. The van der Waals surface area contributed by atoms with Crippen LogP contribution in [0.2, 0.25) is 10.0 Å². The predicted octanol–water partition coefficient (Wildman–Crippen LogP) is 4.67. The highest BCUT2D eigenvalue weighted by Gasteiger charge is 2.25. The first-order valence-electron chi connectivity index (χ1n) is 6.78. The van der Waals surface area contributed by atoms with Crippen molar-refractivity contribution < 1.29 is 0 Å². The van der Waals surface area contributed by atoms with E-state index in [-0.39, 0.29) is 6.04 Å². The Morgan fingerprint density at radius 1 is 1.40 bits per heavy atom. The van der Waals surface area contributed by atoms with Gasteiger partial charge in [-0.15, -0.1) is 11.3 Å². The van der Waals surface area contributed by atoms with Crippen molar-refractivity contribution in [3.05, 3.63) is 37.8 Å². The van der Waals surface area contributed by atoms with Gasteiger partial charge in [-0.2, -0.15) is 5.10 Å². The molecule has 2 rings (SSSR count). The Bertz CT molecular complexity index is 577. The summed E-state index contributed by atoms with van der Waals surface area (Å²) in [7, 11) is 0. The molecule has 1 unspecified atom stereocenters. The molecule has 110 valence electrons. The van der Waals surface area contributed by atoms with Gasteiger partial charge in [-0.1, -0.05) is 30.1 Å². The van der Waals surface area contributed by atoms with E-state index in [1.165, 1.54) is 0 Å². The molecule has 2 heterocycles. The van der Waals surface area contributed by atoms with Crippen LogP contribution in [0.5, 0.6) is 0 Å². The van der Waals surface area contributed by atoms with E-state index in [0.717, 1.165) is 40.7 Å². The van der Waals surface area contributed by atoms with Crippen LogP contribution in [0.4, 0.5) is 0 Å². The third kappa shape index (κ3) is 3.03. The largest absolute Gasteiger partial charge is 0.304 e. The van der Waals surface area contributed by atoms with Crippen LogP contribution in [0.3, 0.4) is 0 Å². The van der Waals surface area contributed by atoms with Crippen LogP contribution < -0.4 is 5.32 Å². The highest BCUT2D eigenvalue weighted by Crippen LogP contribution is 2.37. The molecule has 0 aliphatic rings. The molecule has 0 aliphatic carbocycles. The van der Waals surface area contributed by atoms with Gasteiger partial charge in [-0.3, -0.25) is 4.68 Å². The molecule has 0 radical (unpaired) electrons. The Balaban J connectivity index is 2.47. The number of aryl methyl sites for hydroxylation is 2. The maximum absolute atomic E-state index is 6.44. The molecule has 1 atom stereocenters. The lowest BCUT2D eigenvalue weighted by atomic mass is 10.1. The van der Waals surface area contributed by atoms with Crippen molar-refractivity contribution >= 4 is 34.5 Å². The van der Waals surface area contributed by atoms with Crippen molar-refractivity contribution in [2.75, 3.05) is 6.54 Å². The van der Waals surface area contributed by atoms with E-state index in [0.29, 0.717) is 5.02 Å². The van der Waals surface area contributed by atoms with Gasteiger partial charge in [0.05, 0.1) is 28.0 Å². The zero-order valence-electron chi connectivity index (χ0n) is 11.9. The van der Waals surface area contributed by atoms with Crippen LogP contribution in [-0.4, -0.2) is 16.3 Å². The van der Waals surface area contributed by atoms with Crippen molar-refractivity contribution in [3.63, 3.8) is 0 Å². The van der Waals surface area contributed by atoms with Crippen molar-refractivity contribution in [3.8, 4) is 0 Å². The molecule has 0 bridgehead atoms. The second-order valence-electron chi connectivity index (χ2n) is 4.68. The molecule has 2 aromatic heterocycles. The summed E-state index contributed by atoms with van der Waals surface area (Å²) < 4.78 is 1.93. The average molecular weight is 332 g/mol. The number of aromatic nitrogens is 2. The molecule has 0 saturated heterocycles. The molecular weight excluding hydrogens is 313 g/mol. The van der Waals surface area contributed by atoms with E-state index in [2.05, 4.69) is 29.6 Å². The van der Waals surface area contributed by atoms with Crippen molar-refractivity contribution in [1.82, 2.24) is 15.1 Å². The third-order valence-electron chi connectivity index (χ3n) is 3.19. The fourth-order valence-electron chi connectivity index (χ4n) is 2.16. The Morgan fingerprint density at radius 3 is 2.70 bits per heavy atom. The molecule has 2 aromatic rings. The maximum atomic E-state index is 6.44. The fourth-order valence-corrected chi connectivity index (χ4v) is 3.79. The number of hydrogen-bond donors (Lipinski definition) is 1. The first-order chi connectivity index (χ1) is 9.60. The van der Waals surface area contributed by atoms with E-state index >= 15 is 0 Å². The van der Waals surface area contributed by atoms with Gasteiger partial charge in [0.25, 0.3) is 0 Å². The summed E-state index contributed by atoms with van der Waals surface area (Å²) in [6, 6.07) is -0.00361. The van der Waals surface area contributed by atoms with E-state index in [1.54, 1.807) is 17.5 Å². The number of thiophene rings is 1. The molecule has 0 spiro atoms. The van der Waals surface area contributed by atoms with Gasteiger partial charge >= 0.3 is 0 Å². The van der Waals surface area contributed by atoms with Crippen LogP contribution >= 0.6 is 34.5 Å². The summed E-state index contributed by atoms with van der Waals surface area (Å²) in [4.78, 5) is 1.11. The molecular formula is C14H19Cl2N3S. The van der Waals surface area contributed by atoms with E-state index in [9.17, 15) is 0 Å². The normalized spacial score (nSPS) is 12.8. The topological polar surface area (TPSA) is 29.9 Å². The summed E-state index contributed by atoms with van der Waals surface area (Å²) in [6.45, 7) is 7.92. The Hall–Kier alpha value is -0.550. The molecule has 20 heavy (non-hydrogen) atoms. The Labute approximate surface area is 133 Å². The number of nitrogens with zero attached hydrogens (tertiary/aromatic N) is 2. The molecule has 0 aromatic carbocycles. The quantitative estimate of drug-likeness (QED) is 0.833. The standard InChI is InChI=1S/C14H19Cl2N3S/c1-4-6-17-12(14-11(16)9(3)8-20-14)13-10(15)7-18-19(13)5-2/h7-8,12,17H,4-6H2,1-3H3. The van der Waals surface area contributed by atoms with Crippen molar-refractivity contribution in [2.45, 2.75) is 39.8 Å². The van der Waals surface area contributed by atoms with Crippen LogP contribution in [0, 0.1) is 6.92 Å². The van der Waals surface area contributed by atoms with Gasteiger partial charge in [0.1, 0.15) is 0 Å². The zero-order chi connectivity index (χ0) is 14.7. The van der Waals surface area contributed by atoms with Crippen LogP contribution in [0.15, 0.2) is 11.6 Å². The van der Waals surface area contributed by atoms with Gasteiger partial charge in [-0.05, 0) is 37.8 Å². The van der Waals surface area contributed by atoms with Gasteiger partial charge in [0.15, 0.2) is 0 Å². The van der Waals surface area contributed by atoms with Crippen LogP contribution in [-0.2, 0) is 6.54 Å². The summed E-state index contributed by atoms with van der Waals surface area (Å²) in [5.41, 5.74) is 2.10. The summed E-state index contributed by atoms with van der Waals surface area (Å²) in [6.07, 6.45) is 2.76. The summed E-state index contributed by atoms with van der Waals surface area (Å²) >= 11 is 14.5. The second-order valence-corrected chi connectivity index (χ2v) is 6.37. The van der Waals surface area contributed by atoms with Gasteiger partial charge in [0.2, 0.25) is 0 Å². The minimum atomic E-state index is -0.00361. The summed E-state index contributed by atoms with van der Waals surface area (Å²) in [5.74, 6) is 0. The van der Waals surface area contributed by atoms with Gasteiger partial charge < -0.3 is 5.32 Å².